The van der Waals surface area contributed by atoms with Crippen LogP contribution in [0.15, 0.2) is 47.4 Å². The molecule has 1 aliphatic carbocycles. The highest BCUT2D eigenvalue weighted by molar-refractivity contribution is 6.31. The van der Waals surface area contributed by atoms with Crippen LogP contribution in [0.5, 0.6) is 0 Å². The van der Waals surface area contributed by atoms with Crippen molar-refractivity contribution in [2.45, 2.75) is 31.9 Å². The zero-order valence-electron chi connectivity index (χ0n) is 13.1. The number of aliphatic hydroxyl groups is 1. The summed E-state index contributed by atoms with van der Waals surface area (Å²) in [4.78, 5) is 24.3. The van der Waals surface area contributed by atoms with Gasteiger partial charge in [-0.3, -0.25) is 9.59 Å². The summed E-state index contributed by atoms with van der Waals surface area (Å²) in [6.45, 7) is 0.328. The lowest BCUT2D eigenvalue weighted by molar-refractivity contribution is -0.122. The van der Waals surface area contributed by atoms with E-state index in [9.17, 15) is 14.7 Å². The van der Waals surface area contributed by atoms with Gasteiger partial charge in [-0.15, -0.1) is 0 Å². The van der Waals surface area contributed by atoms with Crippen molar-refractivity contribution in [2.24, 2.45) is 5.92 Å². The largest absolute Gasteiger partial charge is 0.392 e. The molecule has 0 aliphatic heterocycles. The summed E-state index contributed by atoms with van der Waals surface area (Å²) in [5.41, 5.74) is 1.19. The van der Waals surface area contributed by atoms with Gasteiger partial charge >= 0.3 is 0 Å². The molecule has 24 heavy (non-hydrogen) atoms. The van der Waals surface area contributed by atoms with E-state index in [1.165, 1.54) is 10.6 Å². The van der Waals surface area contributed by atoms with Gasteiger partial charge in [0.05, 0.1) is 24.3 Å². The van der Waals surface area contributed by atoms with Gasteiger partial charge in [-0.2, -0.15) is 0 Å². The van der Waals surface area contributed by atoms with E-state index < -0.39 is 6.10 Å². The maximum atomic E-state index is 12.3. The first-order valence-electron chi connectivity index (χ1n) is 7.97. The summed E-state index contributed by atoms with van der Waals surface area (Å²) >= 11 is 6.14. The molecule has 1 fully saturated rings. The summed E-state index contributed by atoms with van der Waals surface area (Å²) in [6.07, 6.45) is 3.21. The van der Waals surface area contributed by atoms with E-state index in [1.807, 2.05) is 18.2 Å². The summed E-state index contributed by atoms with van der Waals surface area (Å²) in [5.74, 6) is -0.586. The Hall–Kier alpha value is -2.11. The number of hydrogen-bond donors (Lipinski definition) is 2. The quantitative estimate of drug-likeness (QED) is 0.894. The minimum atomic E-state index is -0.584. The number of carbonyl (C=O) groups excluding carboxylic acids is 1. The van der Waals surface area contributed by atoms with Crippen molar-refractivity contribution in [2.75, 3.05) is 5.32 Å². The number of rotatable bonds is 4. The minimum absolute atomic E-state index is 0.172. The Morgan fingerprint density at radius 1 is 1.25 bits per heavy atom. The molecule has 1 aromatic heterocycles. The second-order valence-corrected chi connectivity index (χ2v) is 6.48. The molecule has 0 spiro atoms. The van der Waals surface area contributed by atoms with Crippen molar-refractivity contribution < 1.29 is 9.90 Å². The van der Waals surface area contributed by atoms with Gasteiger partial charge in [0.2, 0.25) is 5.91 Å². The number of benzene rings is 1. The number of aromatic nitrogens is 1. The van der Waals surface area contributed by atoms with Crippen molar-refractivity contribution in [3.05, 3.63) is 63.5 Å². The number of hydrogen-bond acceptors (Lipinski definition) is 3. The van der Waals surface area contributed by atoms with Crippen molar-refractivity contribution in [3.8, 4) is 0 Å². The first-order valence-corrected chi connectivity index (χ1v) is 8.35. The van der Waals surface area contributed by atoms with Crippen LogP contribution >= 0.6 is 11.6 Å². The van der Waals surface area contributed by atoms with Gasteiger partial charge in [-0.05, 0) is 37.0 Å². The molecule has 1 aromatic carbocycles. The number of carbonyl (C=O) groups is 1. The van der Waals surface area contributed by atoms with Crippen LogP contribution in [0.25, 0.3) is 0 Å². The van der Waals surface area contributed by atoms with Gasteiger partial charge in [0.15, 0.2) is 0 Å². The monoisotopic (exact) mass is 346 g/mol. The molecule has 3 rings (SSSR count). The molecule has 2 N–H and O–H groups in total. The lowest BCUT2D eigenvalue weighted by atomic mass is 10.1. The molecule has 6 heteroatoms. The summed E-state index contributed by atoms with van der Waals surface area (Å²) in [6, 6.07) is 10.3. The van der Waals surface area contributed by atoms with Crippen LogP contribution in [0.4, 0.5) is 5.69 Å². The van der Waals surface area contributed by atoms with E-state index in [0.717, 1.165) is 12.0 Å². The number of halogens is 1. The topological polar surface area (TPSA) is 71.3 Å². The fourth-order valence-electron chi connectivity index (χ4n) is 3.02. The van der Waals surface area contributed by atoms with Crippen molar-refractivity contribution >= 4 is 23.2 Å². The van der Waals surface area contributed by atoms with Gasteiger partial charge < -0.3 is 15.0 Å². The van der Waals surface area contributed by atoms with Crippen molar-refractivity contribution in [1.82, 2.24) is 4.57 Å². The molecule has 126 valence electrons. The van der Waals surface area contributed by atoms with Crippen LogP contribution in [0.3, 0.4) is 0 Å². The number of anilines is 1. The minimum Gasteiger partial charge on any atom is -0.392 e. The first-order chi connectivity index (χ1) is 11.5. The zero-order chi connectivity index (χ0) is 17.1. The van der Waals surface area contributed by atoms with Gasteiger partial charge in [-0.25, -0.2) is 0 Å². The SMILES string of the molecule is O=C(Nc1ccc(=O)n(Cc2ccccc2Cl)c1)C1CCCC1O. The number of pyridine rings is 1. The molecule has 2 unspecified atom stereocenters. The van der Waals surface area contributed by atoms with E-state index in [-0.39, 0.29) is 17.4 Å². The molecule has 1 aliphatic rings. The Morgan fingerprint density at radius 2 is 2.04 bits per heavy atom. The second-order valence-electron chi connectivity index (χ2n) is 6.07. The average Bonchev–Trinajstić information content (AvgIpc) is 2.99. The van der Waals surface area contributed by atoms with Crippen LogP contribution in [-0.2, 0) is 11.3 Å². The predicted molar refractivity (Wildman–Crippen MR) is 93.2 cm³/mol. The summed E-state index contributed by atoms with van der Waals surface area (Å²) < 4.78 is 1.50. The summed E-state index contributed by atoms with van der Waals surface area (Å²) in [7, 11) is 0. The molecule has 1 amide bonds. The Morgan fingerprint density at radius 3 is 2.75 bits per heavy atom. The fourth-order valence-corrected chi connectivity index (χ4v) is 3.22. The fraction of sp³-hybridized carbons (Fsp3) is 0.333. The third-order valence-corrected chi connectivity index (χ3v) is 4.73. The normalized spacial score (nSPS) is 20.1. The highest BCUT2D eigenvalue weighted by Crippen LogP contribution is 2.26. The zero-order valence-corrected chi connectivity index (χ0v) is 13.9. The maximum absolute atomic E-state index is 12.3. The van der Waals surface area contributed by atoms with E-state index >= 15 is 0 Å². The van der Waals surface area contributed by atoms with E-state index in [0.29, 0.717) is 30.1 Å². The molecule has 1 heterocycles. The smallest absolute Gasteiger partial charge is 0.250 e. The van der Waals surface area contributed by atoms with E-state index in [4.69, 9.17) is 11.6 Å². The van der Waals surface area contributed by atoms with Gasteiger partial charge in [0.1, 0.15) is 0 Å². The van der Waals surface area contributed by atoms with Crippen LogP contribution in [0.1, 0.15) is 24.8 Å². The van der Waals surface area contributed by atoms with Crippen molar-refractivity contribution in [1.29, 1.82) is 0 Å². The predicted octanol–water partition coefficient (Wildman–Crippen LogP) is 2.65. The number of nitrogens with one attached hydrogen (secondary N) is 1. The molecule has 2 aromatic rings. The van der Waals surface area contributed by atoms with Crippen molar-refractivity contribution in [3.63, 3.8) is 0 Å². The Kier molecular flexibility index (Phi) is 5.02. The van der Waals surface area contributed by atoms with E-state index in [2.05, 4.69) is 5.32 Å². The lowest BCUT2D eigenvalue weighted by Crippen LogP contribution is -2.29. The highest BCUT2D eigenvalue weighted by Gasteiger charge is 2.31. The Balaban J connectivity index is 1.78. The molecular weight excluding hydrogens is 328 g/mol. The molecule has 2 atom stereocenters. The van der Waals surface area contributed by atoms with Gasteiger partial charge in [0.25, 0.3) is 5.56 Å². The number of amides is 1. The third kappa shape index (κ3) is 3.68. The first kappa shape index (κ1) is 16.7. The maximum Gasteiger partial charge on any atom is 0.250 e. The Bertz CT molecular complexity index is 803. The van der Waals surface area contributed by atoms with Crippen LogP contribution < -0.4 is 10.9 Å². The molecular formula is C18H19ClN2O3. The lowest BCUT2D eigenvalue weighted by Gasteiger charge is -2.15. The molecule has 0 radical (unpaired) electrons. The molecule has 5 nitrogen and oxygen atoms in total. The standard InChI is InChI=1S/C18H19ClN2O3/c19-15-6-2-1-4-12(15)10-21-11-13(8-9-17(21)23)20-18(24)14-5-3-7-16(14)22/h1-2,4,6,8-9,11,14,16,22H,3,5,7,10H2,(H,20,24). The molecule has 0 bridgehead atoms. The Labute approximate surface area is 144 Å². The highest BCUT2D eigenvalue weighted by atomic mass is 35.5. The second kappa shape index (κ2) is 7.20. The number of aliphatic hydroxyl groups excluding tert-OH is 1. The molecule has 1 saturated carbocycles. The summed E-state index contributed by atoms with van der Waals surface area (Å²) in [5, 5.41) is 13.2. The third-order valence-electron chi connectivity index (χ3n) is 4.37. The van der Waals surface area contributed by atoms with Crippen LogP contribution in [0, 0.1) is 5.92 Å². The van der Waals surface area contributed by atoms with Gasteiger partial charge in [0, 0.05) is 17.3 Å². The number of nitrogens with zero attached hydrogens (tertiary/aromatic N) is 1. The van der Waals surface area contributed by atoms with E-state index in [1.54, 1.807) is 18.3 Å². The van der Waals surface area contributed by atoms with Gasteiger partial charge in [-0.1, -0.05) is 29.8 Å². The van der Waals surface area contributed by atoms with Crippen LogP contribution in [-0.4, -0.2) is 21.7 Å². The molecule has 0 saturated heterocycles. The van der Waals surface area contributed by atoms with Crippen LogP contribution in [0.2, 0.25) is 5.02 Å². The average molecular weight is 347 g/mol.